The molecule has 0 amide bonds. The number of methoxy groups -OCH3 is 1. The molecule has 2 aromatic rings. The maximum absolute atomic E-state index is 12.1. The van der Waals surface area contributed by atoms with Gasteiger partial charge in [0.25, 0.3) is 0 Å². The molecule has 2 rings (SSSR count). The SMILES string of the molecule is COc1cccc(C(=O)Oc2ccc(Cl)cc2C(C)=O)c1. The number of rotatable bonds is 4. The number of ether oxygens (including phenoxy) is 2. The second kappa shape index (κ2) is 6.41. The van der Waals surface area contributed by atoms with E-state index in [-0.39, 0.29) is 17.1 Å². The van der Waals surface area contributed by atoms with Gasteiger partial charge >= 0.3 is 5.97 Å². The van der Waals surface area contributed by atoms with Crippen molar-refractivity contribution in [2.45, 2.75) is 6.92 Å². The van der Waals surface area contributed by atoms with Crippen LogP contribution in [-0.2, 0) is 0 Å². The van der Waals surface area contributed by atoms with Crippen molar-refractivity contribution in [1.29, 1.82) is 0 Å². The second-order valence-electron chi connectivity index (χ2n) is 4.32. The Morgan fingerprint density at radius 3 is 2.52 bits per heavy atom. The fourth-order valence-corrected chi connectivity index (χ4v) is 1.95. The van der Waals surface area contributed by atoms with Gasteiger partial charge in [0.2, 0.25) is 0 Å². The van der Waals surface area contributed by atoms with Crippen LogP contribution in [0.1, 0.15) is 27.6 Å². The minimum atomic E-state index is -0.571. The van der Waals surface area contributed by atoms with Crippen molar-refractivity contribution in [1.82, 2.24) is 0 Å². The molecule has 0 heterocycles. The molecule has 0 fully saturated rings. The fourth-order valence-electron chi connectivity index (χ4n) is 1.78. The first-order valence-corrected chi connectivity index (χ1v) is 6.56. The van der Waals surface area contributed by atoms with E-state index in [1.807, 2.05) is 0 Å². The molecule has 21 heavy (non-hydrogen) atoms. The van der Waals surface area contributed by atoms with Gasteiger partial charge in [-0.3, -0.25) is 4.79 Å². The van der Waals surface area contributed by atoms with Crippen LogP contribution in [-0.4, -0.2) is 18.9 Å². The third-order valence-electron chi connectivity index (χ3n) is 2.83. The van der Waals surface area contributed by atoms with E-state index in [0.29, 0.717) is 16.3 Å². The molecule has 0 aliphatic carbocycles. The lowest BCUT2D eigenvalue weighted by Crippen LogP contribution is -2.11. The van der Waals surface area contributed by atoms with Crippen LogP contribution in [0, 0.1) is 0 Å². The van der Waals surface area contributed by atoms with Gasteiger partial charge in [-0.1, -0.05) is 17.7 Å². The van der Waals surface area contributed by atoms with Crippen molar-refractivity contribution < 1.29 is 19.1 Å². The van der Waals surface area contributed by atoms with Crippen LogP contribution in [0.25, 0.3) is 0 Å². The summed E-state index contributed by atoms with van der Waals surface area (Å²) in [7, 11) is 1.51. The molecule has 0 unspecified atom stereocenters. The highest BCUT2D eigenvalue weighted by atomic mass is 35.5. The third kappa shape index (κ3) is 3.61. The summed E-state index contributed by atoms with van der Waals surface area (Å²) in [4.78, 5) is 23.7. The number of Topliss-reactive ketones (excluding diaryl/α,β-unsaturated/α-hetero) is 1. The molecule has 108 valence electrons. The molecule has 0 saturated carbocycles. The molecule has 0 aromatic heterocycles. The molecule has 0 N–H and O–H groups in total. The van der Waals surface area contributed by atoms with Crippen molar-refractivity contribution in [2.75, 3.05) is 7.11 Å². The first kappa shape index (κ1) is 15.1. The molecule has 0 saturated heterocycles. The average molecular weight is 305 g/mol. The summed E-state index contributed by atoms with van der Waals surface area (Å²) >= 11 is 5.84. The van der Waals surface area contributed by atoms with Gasteiger partial charge in [-0.15, -0.1) is 0 Å². The van der Waals surface area contributed by atoms with Crippen LogP contribution in [0.5, 0.6) is 11.5 Å². The van der Waals surface area contributed by atoms with E-state index in [9.17, 15) is 9.59 Å². The van der Waals surface area contributed by atoms with Gasteiger partial charge in [0, 0.05) is 5.02 Å². The largest absolute Gasteiger partial charge is 0.497 e. The van der Waals surface area contributed by atoms with Crippen molar-refractivity contribution in [2.24, 2.45) is 0 Å². The van der Waals surface area contributed by atoms with Gasteiger partial charge in [0.05, 0.1) is 18.2 Å². The van der Waals surface area contributed by atoms with Crippen LogP contribution >= 0.6 is 11.6 Å². The predicted octanol–water partition coefficient (Wildman–Crippen LogP) is 3.77. The smallest absolute Gasteiger partial charge is 0.343 e. The van der Waals surface area contributed by atoms with Crippen molar-refractivity contribution in [3.05, 3.63) is 58.6 Å². The molecule has 0 aliphatic rings. The fraction of sp³-hybridized carbons (Fsp3) is 0.125. The number of benzene rings is 2. The zero-order valence-corrected chi connectivity index (χ0v) is 12.3. The van der Waals surface area contributed by atoms with E-state index in [4.69, 9.17) is 21.1 Å². The first-order chi connectivity index (χ1) is 10.0. The second-order valence-corrected chi connectivity index (χ2v) is 4.75. The molecule has 0 radical (unpaired) electrons. The van der Waals surface area contributed by atoms with Crippen molar-refractivity contribution in [3.8, 4) is 11.5 Å². The van der Waals surface area contributed by atoms with Gasteiger partial charge < -0.3 is 9.47 Å². The zero-order chi connectivity index (χ0) is 15.4. The molecule has 0 atom stereocenters. The van der Waals surface area contributed by atoms with Gasteiger partial charge in [-0.25, -0.2) is 4.79 Å². The Balaban J connectivity index is 2.29. The average Bonchev–Trinajstić information content (AvgIpc) is 2.48. The summed E-state index contributed by atoms with van der Waals surface area (Å²) in [6, 6.07) is 11.1. The van der Waals surface area contributed by atoms with E-state index < -0.39 is 5.97 Å². The molecular weight excluding hydrogens is 292 g/mol. The number of esters is 1. The highest BCUT2D eigenvalue weighted by Gasteiger charge is 2.15. The number of hydrogen-bond donors (Lipinski definition) is 0. The maximum Gasteiger partial charge on any atom is 0.343 e. The molecule has 2 aromatic carbocycles. The van der Waals surface area contributed by atoms with Gasteiger partial charge in [0.15, 0.2) is 5.78 Å². The monoisotopic (exact) mass is 304 g/mol. The van der Waals surface area contributed by atoms with E-state index in [1.165, 1.54) is 26.2 Å². The van der Waals surface area contributed by atoms with E-state index >= 15 is 0 Å². The quantitative estimate of drug-likeness (QED) is 0.490. The van der Waals surface area contributed by atoms with Crippen molar-refractivity contribution >= 4 is 23.4 Å². The summed E-state index contributed by atoms with van der Waals surface area (Å²) in [5.41, 5.74) is 0.595. The number of halogens is 1. The summed E-state index contributed by atoms with van der Waals surface area (Å²) in [6.07, 6.45) is 0. The summed E-state index contributed by atoms with van der Waals surface area (Å²) in [5.74, 6) is -0.0725. The first-order valence-electron chi connectivity index (χ1n) is 6.18. The molecule has 5 heteroatoms. The highest BCUT2D eigenvalue weighted by molar-refractivity contribution is 6.31. The Hall–Kier alpha value is -2.33. The minimum Gasteiger partial charge on any atom is -0.497 e. The van der Waals surface area contributed by atoms with Crippen LogP contribution in [0.4, 0.5) is 0 Å². The Morgan fingerprint density at radius 2 is 1.86 bits per heavy atom. The van der Waals surface area contributed by atoms with Gasteiger partial charge in [-0.05, 0) is 43.3 Å². The summed E-state index contributed by atoms with van der Waals surface area (Å²) in [6.45, 7) is 1.38. The van der Waals surface area contributed by atoms with Crippen LogP contribution in [0.2, 0.25) is 5.02 Å². The molecular formula is C16H13ClO4. The maximum atomic E-state index is 12.1. The van der Waals surface area contributed by atoms with E-state index in [2.05, 4.69) is 0 Å². The van der Waals surface area contributed by atoms with Gasteiger partial charge in [-0.2, -0.15) is 0 Å². The number of carbonyl (C=O) groups is 2. The number of carbonyl (C=O) groups excluding carboxylic acids is 2. The molecule has 0 aliphatic heterocycles. The Morgan fingerprint density at radius 1 is 1.10 bits per heavy atom. The minimum absolute atomic E-state index is 0.180. The predicted molar refractivity (Wildman–Crippen MR) is 79.4 cm³/mol. The third-order valence-corrected chi connectivity index (χ3v) is 3.06. The summed E-state index contributed by atoms with van der Waals surface area (Å²) < 4.78 is 10.3. The Labute approximate surface area is 127 Å². The van der Waals surface area contributed by atoms with Gasteiger partial charge in [0.1, 0.15) is 11.5 Å². The molecule has 0 bridgehead atoms. The zero-order valence-electron chi connectivity index (χ0n) is 11.6. The van der Waals surface area contributed by atoms with Crippen LogP contribution < -0.4 is 9.47 Å². The van der Waals surface area contributed by atoms with E-state index in [1.54, 1.807) is 30.3 Å². The molecule has 0 spiro atoms. The van der Waals surface area contributed by atoms with E-state index in [0.717, 1.165) is 0 Å². The normalized spacial score (nSPS) is 10.0. The lowest BCUT2D eigenvalue weighted by molar-refractivity contribution is 0.0732. The number of hydrogen-bond acceptors (Lipinski definition) is 4. The lowest BCUT2D eigenvalue weighted by Gasteiger charge is -2.09. The summed E-state index contributed by atoms with van der Waals surface area (Å²) in [5, 5.41) is 0.404. The highest BCUT2D eigenvalue weighted by Crippen LogP contribution is 2.24. The Bertz CT molecular complexity index is 694. The van der Waals surface area contributed by atoms with Crippen LogP contribution in [0.15, 0.2) is 42.5 Å². The number of ketones is 1. The standard InChI is InChI=1S/C16H13ClO4/c1-10(18)14-9-12(17)6-7-15(14)21-16(19)11-4-3-5-13(8-11)20-2/h3-9H,1-2H3. The van der Waals surface area contributed by atoms with Crippen molar-refractivity contribution in [3.63, 3.8) is 0 Å². The molecule has 4 nitrogen and oxygen atoms in total. The Kier molecular flexibility index (Phi) is 4.60. The lowest BCUT2D eigenvalue weighted by atomic mass is 10.1. The topological polar surface area (TPSA) is 52.6 Å². The van der Waals surface area contributed by atoms with Crippen LogP contribution in [0.3, 0.4) is 0 Å².